The lowest BCUT2D eigenvalue weighted by Crippen LogP contribution is -2.33. The second-order valence-electron chi connectivity index (χ2n) is 7.38. The number of carbonyl (C=O) groups excluding carboxylic acids is 2. The van der Waals surface area contributed by atoms with Gasteiger partial charge in [0.15, 0.2) is 5.75 Å². The van der Waals surface area contributed by atoms with Gasteiger partial charge in [-0.1, -0.05) is 87.0 Å². The lowest BCUT2D eigenvalue weighted by Gasteiger charge is -2.13. The van der Waals surface area contributed by atoms with Crippen LogP contribution in [0.25, 0.3) is 10.8 Å². The number of rotatable bonds is 6. The van der Waals surface area contributed by atoms with Crippen LogP contribution in [0.15, 0.2) is 97.1 Å². The zero-order chi connectivity index (χ0) is 23.5. The number of para-hydroxylation sites is 3. The molecular formula is C28H28N2O3. The molecule has 0 saturated heterocycles. The van der Waals surface area contributed by atoms with E-state index in [2.05, 4.69) is 24.5 Å². The Balaban J connectivity index is 0.000000968. The van der Waals surface area contributed by atoms with Crippen LogP contribution in [0.5, 0.6) is 11.5 Å². The van der Waals surface area contributed by atoms with E-state index in [0.717, 1.165) is 10.8 Å². The van der Waals surface area contributed by atoms with Crippen molar-refractivity contribution in [2.24, 2.45) is 0 Å². The van der Waals surface area contributed by atoms with Gasteiger partial charge in [-0.15, -0.1) is 0 Å². The molecule has 4 rings (SSSR count). The number of hydrogen-bond donors (Lipinski definition) is 2. The van der Waals surface area contributed by atoms with E-state index in [1.807, 2.05) is 78.9 Å². The van der Waals surface area contributed by atoms with Crippen LogP contribution in [0.2, 0.25) is 0 Å². The third-order valence-electron chi connectivity index (χ3n) is 4.58. The highest BCUT2D eigenvalue weighted by atomic mass is 16.5. The Hall–Kier alpha value is -4.12. The van der Waals surface area contributed by atoms with Crippen molar-refractivity contribution in [3.05, 3.63) is 103 Å². The largest absolute Gasteiger partial charge is 0.455 e. The monoisotopic (exact) mass is 440 g/mol. The molecule has 168 valence electrons. The number of nitrogens with one attached hydrogen (secondary N) is 2. The fourth-order valence-corrected chi connectivity index (χ4v) is 3.15. The van der Waals surface area contributed by atoms with E-state index in [1.165, 1.54) is 6.42 Å². The molecule has 0 spiro atoms. The molecule has 0 bridgehead atoms. The van der Waals surface area contributed by atoms with Gasteiger partial charge < -0.3 is 15.4 Å². The van der Waals surface area contributed by atoms with E-state index in [1.54, 1.807) is 18.2 Å². The lowest BCUT2D eigenvalue weighted by atomic mass is 10.0. The van der Waals surface area contributed by atoms with Crippen LogP contribution in [0.1, 0.15) is 30.6 Å². The second kappa shape index (κ2) is 12.1. The topological polar surface area (TPSA) is 67.4 Å². The second-order valence-corrected chi connectivity index (χ2v) is 7.38. The Labute approximate surface area is 194 Å². The first-order valence-electron chi connectivity index (χ1n) is 11.0. The number of benzene rings is 4. The number of amides is 2. The minimum absolute atomic E-state index is 0.151. The van der Waals surface area contributed by atoms with Gasteiger partial charge in [-0.25, -0.2) is 0 Å². The van der Waals surface area contributed by atoms with Crippen molar-refractivity contribution in [3.63, 3.8) is 0 Å². The highest BCUT2D eigenvalue weighted by Crippen LogP contribution is 2.29. The van der Waals surface area contributed by atoms with Crippen molar-refractivity contribution < 1.29 is 14.3 Å². The predicted molar refractivity (Wildman–Crippen MR) is 134 cm³/mol. The quantitative estimate of drug-likeness (QED) is 0.364. The standard InChI is InChI=1S/C25H20N2O3.C3H8/c28-24(17-26-25(29)21-14-8-10-18-9-4-5-13-20(18)21)27-22-15-6-7-16-23(22)30-19-11-2-1-3-12-19;1-3-2/h1-16H,17H2,(H,26,29)(H,27,28);3H2,1-2H3. The van der Waals surface area contributed by atoms with E-state index in [-0.39, 0.29) is 18.4 Å². The van der Waals surface area contributed by atoms with Crippen molar-refractivity contribution in [2.45, 2.75) is 20.3 Å². The molecule has 0 aliphatic heterocycles. The number of ether oxygens (including phenoxy) is 1. The molecule has 2 amide bonds. The molecule has 4 aromatic carbocycles. The fraction of sp³-hybridized carbons (Fsp3) is 0.143. The van der Waals surface area contributed by atoms with Gasteiger partial charge in [0.2, 0.25) is 5.91 Å². The number of fused-ring (bicyclic) bond motifs is 1. The summed E-state index contributed by atoms with van der Waals surface area (Å²) in [6.45, 7) is 4.10. The van der Waals surface area contributed by atoms with E-state index in [9.17, 15) is 9.59 Å². The molecule has 2 N–H and O–H groups in total. The van der Waals surface area contributed by atoms with Crippen molar-refractivity contribution in [3.8, 4) is 11.5 Å². The van der Waals surface area contributed by atoms with Gasteiger partial charge in [0.25, 0.3) is 5.91 Å². The Bertz CT molecular complexity index is 1200. The lowest BCUT2D eigenvalue weighted by molar-refractivity contribution is -0.115. The van der Waals surface area contributed by atoms with Crippen LogP contribution in [-0.2, 0) is 4.79 Å². The van der Waals surface area contributed by atoms with Gasteiger partial charge >= 0.3 is 0 Å². The number of anilines is 1. The molecule has 0 aliphatic carbocycles. The van der Waals surface area contributed by atoms with Crippen LogP contribution >= 0.6 is 0 Å². The Morgan fingerprint density at radius 2 is 1.39 bits per heavy atom. The summed E-state index contributed by atoms with van der Waals surface area (Å²) in [5, 5.41) is 7.31. The van der Waals surface area contributed by atoms with Crippen molar-refractivity contribution in [1.29, 1.82) is 0 Å². The van der Waals surface area contributed by atoms with Crippen molar-refractivity contribution in [2.75, 3.05) is 11.9 Å². The third-order valence-corrected chi connectivity index (χ3v) is 4.58. The molecule has 5 heteroatoms. The Morgan fingerprint density at radius 1 is 0.758 bits per heavy atom. The van der Waals surface area contributed by atoms with E-state index in [4.69, 9.17) is 4.74 Å². The molecule has 0 fully saturated rings. The molecule has 4 aromatic rings. The molecule has 0 unspecified atom stereocenters. The van der Waals surface area contributed by atoms with Crippen LogP contribution < -0.4 is 15.4 Å². The van der Waals surface area contributed by atoms with Crippen molar-refractivity contribution >= 4 is 28.3 Å². The predicted octanol–water partition coefficient (Wildman–Crippen LogP) is 6.42. The molecule has 0 aromatic heterocycles. The first-order valence-corrected chi connectivity index (χ1v) is 11.0. The zero-order valence-electron chi connectivity index (χ0n) is 18.9. The van der Waals surface area contributed by atoms with Crippen LogP contribution in [0.3, 0.4) is 0 Å². The van der Waals surface area contributed by atoms with Gasteiger partial charge in [0.05, 0.1) is 12.2 Å². The Kier molecular flexibility index (Phi) is 8.60. The van der Waals surface area contributed by atoms with E-state index in [0.29, 0.717) is 22.7 Å². The first-order chi connectivity index (χ1) is 16.1. The van der Waals surface area contributed by atoms with Gasteiger partial charge in [-0.3, -0.25) is 9.59 Å². The van der Waals surface area contributed by atoms with Gasteiger partial charge in [-0.2, -0.15) is 0 Å². The third kappa shape index (κ3) is 6.68. The molecule has 0 radical (unpaired) electrons. The molecule has 5 nitrogen and oxygen atoms in total. The van der Waals surface area contributed by atoms with E-state index < -0.39 is 0 Å². The maximum atomic E-state index is 12.6. The summed E-state index contributed by atoms with van der Waals surface area (Å²) in [5.41, 5.74) is 1.07. The highest BCUT2D eigenvalue weighted by molar-refractivity contribution is 6.08. The molecule has 0 atom stereocenters. The molecular weight excluding hydrogens is 412 g/mol. The minimum atomic E-state index is -0.340. The fourth-order valence-electron chi connectivity index (χ4n) is 3.15. The van der Waals surface area contributed by atoms with Gasteiger partial charge in [0, 0.05) is 5.56 Å². The first kappa shape index (κ1) is 23.5. The maximum Gasteiger partial charge on any atom is 0.252 e. The van der Waals surface area contributed by atoms with Crippen molar-refractivity contribution in [1.82, 2.24) is 5.32 Å². The van der Waals surface area contributed by atoms with Crippen LogP contribution in [-0.4, -0.2) is 18.4 Å². The van der Waals surface area contributed by atoms with Gasteiger partial charge in [-0.05, 0) is 41.1 Å². The highest BCUT2D eigenvalue weighted by Gasteiger charge is 2.13. The van der Waals surface area contributed by atoms with Crippen LogP contribution in [0, 0.1) is 0 Å². The Morgan fingerprint density at radius 3 is 2.18 bits per heavy atom. The summed E-state index contributed by atoms with van der Waals surface area (Å²) in [6.07, 6.45) is 1.25. The normalized spacial score (nSPS) is 10.0. The molecule has 33 heavy (non-hydrogen) atoms. The smallest absolute Gasteiger partial charge is 0.252 e. The summed E-state index contributed by atoms with van der Waals surface area (Å²) in [5.74, 6) is 0.560. The maximum absolute atomic E-state index is 12.6. The van der Waals surface area contributed by atoms with E-state index >= 15 is 0 Å². The summed E-state index contributed by atoms with van der Waals surface area (Å²) in [7, 11) is 0. The zero-order valence-corrected chi connectivity index (χ0v) is 18.9. The molecule has 0 heterocycles. The number of hydrogen-bond acceptors (Lipinski definition) is 3. The average molecular weight is 441 g/mol. The summed E-state index contributed by atoms with van der Waals surface area (Å²) in [4.78, 5) is 25.0. The average Bonchev–Trinajstić information content (AvgIpc) is 2.84. The number of carbonyl (C=O) groups is 2. The SMILES string of the molecule is CCC.O=C(CNC(=O)c1cccc2ccccc12)Nc1ccccc1Oc1ccccc1. The van der Waals surface area contributed by atoms with Gasteiger partial charge in [0.1, 0.15) is 5.75 Å². The van der Waals surface area contributed by atoms with Crippen LogP contribution in [0.4, 0.5) is 5.69 Å². The summed E-state index contributed by atoms with van der Waals surface area (Å²) < 4.78 is 5.85. The summed E-state index contributed by atoms with van der Waals surface area (Å²) >= 11 is 0. The summed E-state index contributed by atoms with van der Waals surface area (Å²) in [6, 6.07) is 29.7. The molecule has 0 saturated carbocycles. The minimum Gasteiger partial charge on any atom is -0.455 e. The molecule has 0 aliphatic rings.